The fraction of sp³-hybridized carbons (Fsp3) is 0.611. The van der Waals surface area contributed by atoms with Crippen LogP contribution in [0.1, 0.15) is 44.1 Å². The summed E-state index contributed by atoms with van der Waals surface area (Å²) in [6, 6.07) is 6.19. The van der Waals surface area contributed by atoms with Crippen LogP contribution in [0.5, 0.6) is 0 Å². The van der Waals surface area contributed by atoms with Crippen molar-refractivity contribution in [3.63, 3.8) is 0 Å². The molecule has 3 atom stereocenters. The topological polar surface area (TPSA) is 41.1 Å². The molecule has 1 aromatic carbocycles. The van der Waals surface area contributed by atoms with Crippen LogP contribution in [0.15, 0.2) is 18.2 Å². The van der Waals surface area contributed by atoms with Gasteiger partial charge in [-0.05, 0) is 67.6 Å². The average molecular weight is 284 g/mol. The summed E-state index contributed by atoms with van der Waals surface area (Å²) >= 11 is 0. The van der Waals surface area contributed by atoms with Crippen molar-refractivity contribution in [1.82, 2.24) is 0 Å². The van der Waals surface area contributed by atoms with Crippen molar-refractivity contribution in [3.8, 4) is 0 Å². The monoisotopic (exact) mass is 284 g/mol. The zero-order valence-corrected chi connectivity index (χ0v) is 12.5. The van der Waals surface area contributed by atoms with Crippen molar-refractivity contribution in [1.29, 1.82) is 0 Å². The van der Waals surface area contributed by atoms with Gasteiger partial charge in [-0.25, -0.2) is 0 Å². The first-order chi connectivity index (χ1) is 10.3. The summed E-state index contributed by atoms with van der Waals surface area (Å²) in [4.78, 5) is 12.4. The number of nitrogens with one attached hydrogen (secondary N) is 2. The Morgan fingerprint density at radius 1 is 1.29 bits per heavy atom. The van der Waals surface area contributed by atoms with Crippen LogP contribution in [0.25, 0.3) is 0 Å². The van der Waals surface area contributed by atoms with Gasteiger partial charge in [0.2, 0.25) is 5.91 Å². The maximum absolute atomic E-state index is 12.4. The lowest BCUT2D eigenvalue weighted by Crippen LogP contribution is -2.22. The summed E-state index contributed by atoms with van der Waals surface area (Å²) < 4.78 is 0. The van der Waals surface area contributed by atoms with Crippen molar-refractivity contribution in [3.05, 3.63) is 23.8 Å². The van der Waals surface area contributed by atoms with E-state index in [-0.39, 0.29) is 5.91 Å². The normalized spacial score (nSPS) is 29.8. The molecule has 2 fully saturated rings. The first kappa shape index (κ1) is 13.2. The summed E-state index contributed by atoms with van der Waals surface area (Å²) in [5.74, 6) is 2.60. The molecule has 3 unspecified atom stereocenters. The van der Waals surface area contributed by atoms with Gasteiger partial charge in [-0.2, -0.15) is 0 Å². The van der Waals surface area contributed by atoms with Gasteiger partial charge < -0.3 is 10.6 Å². The third kappa shape index (κ3) is 2.54. The molecule has 0 aromatic heterocycles. The summed E-state index contributed by atoms with van der Waals surface area (Å²) in [6.07, 6.45) is 8.35. The Kier molecular flexibility index (Phi) is 3.36. The zero-order chi connectivity index (χ0) is 14.2. The van der Waals surface area contributed by atoms with E-state index in [1.807, 2.05) is 12.1 Å². The van der Waals surface area contributed by atoms with E-state index in [1.54, 1.807) is 0 Å². The first-order valence-electron chi connectivity index (χ1n) is 8.45. The van der Waals surface area contributed by atoms with Crippen LogP contribution in [0.4, 0.5) is 11.4 Å². The molecule has 0 radical (unpaired) electrons. The molecule has 1 aromatic rings. The number of anilines is 2. The molecule has 2 N–H and O–H groups in total. The van der Waals surface area contributed by atoms with Crippen molar-refractivity contribution >= 4 is 17.3 Å². The predicted molar refractivity (Wildman–Crippen MR) is 85.4 cm³/mol. The van der Waals surface area contributed by atoms with E-state index >= 15 is 0 Å². The lowest BCUT2D eigenvalue weighted by Gasteiger charge is -2.23. The van der Waals surface area contributed by atoms with E-state index in [1.165, 1.54) is 36.9 Å². The zero-order valence-electron chi connectivity index (χ0n) is 12.5. The molecule has 2 saturated carbocycles. The van der Waals surface area contributed by atoms with Crippen LogP contribution in [-0.4, -0.2) is 12.5 Å². The SMILES string of the molecule is O=C(CC1CC2CCC1C2)Nc1cccc2c1CCCN2. The average Bonchev–Trinajstić information content (AvgIpc) is 3.10. The number of rotatable bonds is 3. The highest BCUT2D eigenvalue weighted by atomic mass is 16.1. The second-order valence-corrected chi connectivity index (χ2v) is 7.05. The maximum Gasteiger partial charge on any atom is 0.224 e. The predicted octanol–water partition coefficient (Wildman–Crippen LogP) is 3.81. The van der Waals surface area contributed by atoms with Crippen LogP contribution in [0.2, 0.25) is 0 Å². The first-order valence-corrected chi connectivity index (χ1v) is 8.45. The smallest absolute Gasteiger partial charge is 0.224 e. The fourth-order valence-electron chi connectivity index (χ4n) is 4.69. The van der Waals surface area contributed by atoms with E-state index in [0.29, 0.717) is 5.92 Å². The van der Waals surface area contributed by atoms with Gasteiger partial charge in [0.15, 0.2) is 0 Å². The Balaban J connectivity index is 1.43. The molecule has 4 rings (SSSR count). The van der Waals surface area contributed by atoms with Gasteiger partial charge in [-0.3, -0.25) is 4.79 Å². The Bertz CT molecular complexity index is 554. The molecule has 21 heavy (non-hydrogen) atoms. The summed E-state index contributed by atoms with van der Waals surface area (Å²) in [5.41, 5.74) is 3.50. The minimum atomic E-state index is 0.214. The van der Waals surface area contributed by atoms with Crippen LogP contribution in [-0.2, 0) is 11.2 Å². The molecule has 1 amide bonds. The van der Waals surface area contributed by atoms with E-state index in [0.717, 1.165) is 43.3 Å². The maximum atomic E-state index is 12.4. The lowest BCUT2D eigenvalue weighted by atomic mass is 9.86. The van der Waals surface area contributed by atoms with Crippen LogP contribution >= 0.6 is 0 Å². The van der Waals surface area contributed by atoms with Crippen LogP contribution in [0.3, 0.4) is 0 Å². The minimum absolute atomic E-state index is 0.214. The molecule has 0 spiro atoms. The fourth-order valence-corrected chi connectivity index (χ4v) is 4.69. The third-order valence-corrected chi connectivity index (χ3v) is 5.70. The number of benzene rings is 1. The highest BCUT2D eigenvalue weighted by molar-refractivity contribution is 5.92. The van der Waals surface area contributed by atoms with Gasteiger partial charge in [0.1, 0.15) is 0 Å². The van der Waals surface area contributed by atoms with Gasteiger partial charge in [0.05, 0.1) is 0 Å². The lowest BCUT2D eigenvalue weighted by molar-refractivity contribution is -0.117. The highest BCUT2D eigenvalue weighted by Crippen LogP contribution is 2.49. The molecule has 2 bridgehead atoms. The number of amides is 1. The number of hydrogen-bond donors (Lipinski definition) is 2. The van der Waals surface area contributed by atoms with E-state index in [9.17, 15) is 4.79 Å². The van der Waals surface area contributed by atoms with E-state index in [2.05, 4.69) is 16.7 Å². The molecular formula is C18H24N2O. The van der Waals surface area contributed by atoms with Gasteiger partial charge in [0, 0.05) is 24.3 Å². The molecule has 1 heterocycles. The Labute approximate surface area is 126 Å². The van der Waals surface area contributed by atoms with Crippen LogP contribution in [0, 0.1) is 17.8 Å². The number of carbonyl (C=O) groups excluding carboxylic acids is 1. The summed E-state index contributed by atoms with van der Waals surface area (Å²) in [6.45, 7) is 1.04. The Morgan fingerprint density at radius 3 is 3.05 bits per heavy atom. The van der Waals surface area contributed by atoms with Gasteiger partial charge in [-0.15, -0.1) is 0 Å². The largest absolute Gasteiger partial charge is 0.385 e. The molecule has 3 nitrogen and oxygen atoms in total. The van der Waals surface area contributed by atoms with Gasteiger partial charge >= 0.3 is 0 Å². The van der Waals surface area contributed by atoms with Crippen molar-refractivity contribution in [2.24, 2.45) is 17.8 Å². The van der Waals surface area contributed by atoms with Gasteiger partial charge in [-0.1, -0.05) is 12.5 Å². The standard InChI is InChI=1S/C18H24N2O/c21-18(11-14-10-12-6-7-13(14)9-12)20-17-5-1-4-16-15(17)3-2-8-19-16/h1,4-5,12-14,19H,2-3,6-11H2,(H,20,21). The van der Waals surface area contributed by atoms with Crippen molar-refractivity contribution in [2.75, 3.05) is 17.2 Å². The van der Waals surface area contributed by atoms with Gasteiger partial charge in [0.25, 0.3) is 0 Å². The highest BCUT2D eigenvalue weighted by Gasteiger charge is 2.40. The molecule has 112 valence electrons. The number of fused-ring (bicyclic) bond motifs is 3. The third-order valence-electron chi connectivity index (χ3n) is 5.70. The second-order valence-electron chi connectivity index (χ2n) is 7.05. The van der Waals surface area contributed by atoms with E-state index < -0.39 is 0 Å². The molecule has 2 aliphatic carbocycles. The summed E-state index contributed by atoms with van der Waals surface area (Å²) in [7, 11) is 0. The molecule has 0 saturated heterocycles. The molecule has 3 heteroatoms. The second kappa shape index (κ2) is 5.36. The Hall–Kier alpha value is -1.51. The summed E-state index contributed by atoms with van der Waals surface area (Å²) in [5, 5.41) is 6.60. The van der Waals surface area contributed by atoms with Crippen molar-refractivity contribution < 1.29 is 4.79 Å². The molecular weight excluding hydrogens is 260 g/mol. The number of carbonyl (C=O) groups is 1. The molecule has 1 aliphatic heterocycles. The van der Waals surface area contributed by atoms with E-state index in [4.69, 9.17) is 0 Å². The van der Waals surface area contributed by atoms with Crippen LogP contribution < -0.4 is 10.6 Å². The Morgan fingerprint density at radius 2 is 2.24 bits per heavy atom. The minimum Gasteiger partial charge on any atom is -0.385 e. The quantitative estimate of drug-likeness (QED) is 0.886. The number of hydrogen-bond acceptors (Lipinski definition) is 2. The molecule has 3 aliphatic rings. The van der Waals surface area contributed by atoms with Crippen molar-refractivity contribution in [2.45, 2.75) is 44.9 Å².